The van der Waals surface area contributed by atoms with Crippen molar-refractivity contribution in [2.75, 3.05) is 19.8 Å². The molecule has 0 aromatic rings. The third-order valence-corrected chi connectivity index (χ3v) is 1.67. The van der Waals surface area contributed by atoms with Crippen molar-refractivity contribution in [2.45, 2.75) is 12.5 Å². The minimum atomic E-state index is -1.06. The fraction of sp³-hybridized carbons (Fsp3) is 0.714. The number of carbonyl (C=O) groups is 2. The summed E-state index contributed by atoms with van der Waals surface area (Å²) in [4.78, 5) is 21.0. The summed E-state index contributed by atoms with van der Waals surface area (Å²) < 4.78 is 5.02. The van der Waals surface area contributed by atoms with Crippen molar-refractivity contribution < 1.29 is 19.4 Å². The zero-order valence-corrected chi connectivity index (χ0v) is 7.08. The minimum Gasteiger partial charge on any atom is -0.480 e. The molecule has 0 saturated carbocycles. The second kappa shape index (κ2) is 4.66. The molecule has 6 nitrogen and oxygen atoms in total. The molecule has 0 aliphatic carbocycles. The van der Waals surface area contributed by atoms with Crippen molar-refractivity contribution in [1.29, 1.82) is 0 Å². The van der Waals surface area contributed by atoms with Crippen LogP contribution >= 0.6 is 0 Å². The number of aliphatic carboxylic acids is 1. The Balaban J connectivity index is 2.13. The number of urea groups is 1. The number of hydrogen-bond acceptors (Lipinski definition) is 3. The predicted octanol–water partition coefficient (Wildman–Crippen LogP) is -0.841. The van der Waals surface area contributed by atoms with Gasteiger partial charge in [-0.25, -0.2) is 4.79 Å². The van der Waals surface area contributed by atoms with Gasteiger partial charge in [0, 0.05) is 6.61 Å². The summed E-state index contributed by atoms with van der Waals surface area (Å²) in [6.45, 7) is 0.782. The standard InChI is InChI=1S/C7H12N2O4/c10-6(11)3-8-7(12)9-5-1-2-13-4-5/h5H,1-4H2,(H,10,11)(H2,8,9,12). The van der Waals surface area contributed by atoms with Crippen molar-refractivity contribution >= 4 is 12.0 Å². The lowest BCUT2D eigenvalue weighted by Crippen LogP contribution is -2.43. The molecule has 1 aliphatic rings. The number of rotatable bonds is 3. The highest BCUT2D eigenvalue weighted by molar-refractivity contribution is 5.79. The van der Waals surface area contributed by atoms with Crippen LogP contribution in [-0.4, -0.2) is 42.9 Å². The van der Waals surface area contributed by atoms with Crippen LogP contribution < -0.4 is 10.6 Å². The van der Waals surface area contributed by atoms with Crippen LogP contribution in [0.5, 0.6) is 0 Å². The summed E-state index contributed by atoms with van der Waals surface area (Å²) in [7, 11) is 0. The molecule has 0 radical (unpaired) electrons. The molecule has 0 aromatic carbocycles. The minimum absolute atomic E-state index is 0.00814. The topological polar surface area (TPSA) is 87.7 Å². The quantitative estimate of drug-likeness (QED) is 0.538. The van der Waals surface area contributed by atoms with E-state index in [4.69, 9.17) is 9.84 Å². The first-order chi connectivity index (χ1) is 6.18. The molecule has 1 atom stereocenters. The van der Waals surface area contributed by atoms with Gasteiger partial charge in [0.2, 0.25) is 0 Å². The van der Waals surface area contributed by atoms with Gasteiger partial charge in [0.1, 0.15) is 6.54 Å². The van der Waals surface area contributed by atoms with Crippen molar-refractivity contribution in [3.8, 4) is 0 Å². The number of ether oxygens (including phenoxy) is 1. The van der Waals surface area contributed by atoms with E-state index in [2.05, 4.69) is 10.6 Å². The van der Waals surface area contributed by atoms with Gasteiger partial charge in [0.05, 0.1) is 12.6 Å². The van der Waals surface area contributed by atoms with Crippen LogP contribution in [0.25, 0.3) is 0 Å². The number of nitrogens with one attached hydrogen (secondary N) is 2. The van der Waals surface area contributed by atoms with Gasteiger partial charge in [-0.05, 0) is 6.42 Å². The van der Waals surface area contributed by atoms with E-state index in [1.54, 1.807) is 0 Å². The van der Waals surface area contributed by atoms with Crippen LogP contribution in [0.1, 0.15) is 6.42 Å². The van der Waals surface area contributed by atoms with Gasteiger partial charge < -0.3 is 20.5 Å². The first-order valence-electron chi connectivity index (χ1n) is 4.02. The van der Waals surface area contributed by atoms with Gasteiger partial charge in [0.25, 0.3) is 0 Å². The molecule has 1 saturated heterocycles. The molecule has 0 bridgehead atoms. The van der Waals surface area contributed by atoms with Crippen molar-refractivity contribution in [1.82, 2.24) is 10.6 Å². The van der Waals surface area contributed by atoms with Crippen molar-refractivity contribution in [3.63, 3.8) is 0 Å². The summed E-state index contributed by atoms with van der Waals surface area (Å²) in [6.07, 6.45) is 0.778. The Morgan fingerprint density at radius 1 is 1.54 bits per heavy atom. The molecule has 2 amide bonds. The van der Waals surface area contributed by atoms with E-state index >= 15 is 0 Å². The lowest BCUT2D eigenvalue weighted by molar-refractivity contribution is -0.135. The van der Waals surface area contributed by atoms with Gasteiger partial charge in [-0.2, -0.15) is 0 Å². The van der Waals surface area contributed by atoms with Crippen LogP contribution in [0, 0.1) is 0 Å². The van der Waals surface area contributed by atoms with Crippen LogP contribution in [0.3, 0.4) is 0 Å². The third-order valence-electron chi connectivity index (χ3n) is 1.67. The highest BCUT2D eigenvalue weighted by Crippen LogP contribution is 2.02. The summed E-state index contributed by atoms with van der Waals surface area (Å²) >= 11 is 0. The average molecular weight is 188 g/mol. The highest BCUT2D eigenvalue weighted by Gasteiger charge is 2.17. The lowest BCUT2D eigenvalue weighted by Gasteiger charge is -2.10. The van der Waals surface area contributed by atoms with Gasteiger partial charge in [-0.3, -0.25) is 4.79 Å². The van der Waals surface area contributed by atoms with Crippen LogP contribution in [-0.2, 0) is 9.53 Å². The summed E-state index contributed by atoms with van der Waals surface area (Å²) in [5, 5.41) is 13.1. The molecule has 74 valence electrons. The number of amides is 2. The van der Waals surface area contributed by atoms with Crippen LogP contribution in [0.15, 0.2) is 0 Å². The van der Waals surface area contributed by atoms with E-state index in [-0.39, 0.29) is 12.6 Å². The average Bonchev–Trinajstić information content (AvgIpc) is 2.53. The molecular formula is C7H12N2O4. The molecule has 3 N–H and O–H groups in total. The molecule has 1 unspecified atom stereocenters. The maximum absolute atomic E-state index is 11.0. The predicted molar refractivity (Wildman–Crippen MR) is 43.4 cm³/mol. The Hall–Kier alpha value is -1.30. The second-order valence-electron chi connectivity index (χ2n) is 2.78. The van der Waals surface area contributed by atoms with E-state index in [0.717, 1.165) is 6.42 Å². The van der Waals surface area contributed by atoms with Gasteiger partial charge in [-0.1, -0.05) is 0 Å². The Bertz CT molecular complexity index is 201. The normalized spacial score (nSPS) is 21.1. The molecule has 1 rings (SSSR count). The fourth-order valence-corrected chi connectivity index (χ4v) is 1.04. The Labute approximate surface area is 75.3 Å². The van der Waals surface area contributed by atoms with E-state index < -0.39 is 12.0 Å². The van der Waals surface area contributed by atoms with E-state index in [1.165, 1.54) is 0 Å². The van der Waals surface area contributed by atoms with E-state index in [0.29, 0.717) is 13.2 Å². The first kappa shape index (κ1) is 9.79. The number of hydrogen-bond donors (Lipinski definition) is 3. The monoisotopic (exact) mass is 188 g/mol. The maximum atomic E-state index is 11.0. The molecule has 6 heteroatoms. The van der Waals surface area contributed by atoms with E-state index in [1.807, 2.05) is 0 Å². The Morgan fingerprint density at radius 3 is 2.85 bits per heavy atom. The van der Waals surface area contributed by atoms with Gasteiger partial charge in [-0.15, -0.1) is 0 Å². The van der Waals surface area contributed by atoms with Gasteiger partial charge in [0.15, 0.2) is 0 Å². The number of carboxylic acids is 1. The summed E-state index contributed by atoms with van der Waals surface area (Å²) in [6, 6.07) is -0.452. The van der Waals surface area contributed by atoms with Crippen LogP contribution in [0.2, 0.25) is 0 Å². The largest absolute Gasteiger partial charge is 0.480 e. The molecular weight excluding hydrogens is 176 g/mol. The molecule has 13 heavy (non-hydrogen) atoms. The number of carbonyl (C=O) groups excluding carboxylic acids is 1. The zero-order chi connectivity index (χ0) is 9.68. The van der Waals surface area contributed by atoms with Crippen LogP contribution in [0.4, 0.5) is 4.79 Å². The molecule has 0 aromatic heterocycles. The van der Waals surface area contributed by atoms with Gasteiger partial charge >= 0.3 is 12.0 Å². The molecule has 1 heterocycles. The van der Waals surface area contributed by atoms with E-state index in [9.17, 15) is 9.59 Å². The summed E-state index contributed by atoms with van der Waals surface area (Å²) in [5.74, 6) is -1.06. The second-order valence-corrected chi connectivity index (χ2v) is 2.78. The first-order valence-corrected chi connectivity index (χ1v) is 4.02. The third kappa shape index (κ3) is 3.75. The smallest absolute Gasteiger partial charge is 0.323 e. The molecule has 0 spiro atoms. The van der Waals surface area contributed by atoms with Crippen molar-refractivity contribution in [3.05, 3.63) is 0 Å². The van der Waals surface area contributed by atoms with Crippen molar-refractivity contribution in [2.24, 2.45) is 0 Å². The highest BCUT2D eigenvalue weighted by atomic mass is 16.5. The molecule has 1 fully saturated rings. The Morgan fingerprint density at radius 2 is 2.31 bits per heavy atom. The Kier molecular flexibility index (Phi) is 3.51. The lowest BCUT2D eigenvalue weighted by atomic mass is 10.3. The molecule has 1 aliphatic heterocycles. The summed E-state index contributed by atoms with van der Waals surface area (Å²) in [5.41, 5.74) is 0. The number of carboxylic acid groups (broad SMARTS) is 1. The fourth-order valence-electron chi connectivity index (χ4n) is 1.04. The maximum Gasteiger partial charge on any atom is 0.323 e. The zero-order valence-electron chi connectivity index (χ0n) is 7.08. The SMILES string of the molecule is O=C(O)CNC(=O)NC1CCOC1.